The second-order valence-corrected chi connectivity index (χ2v) is 3.58. The van der Waals surface area contributed by atoms with Gasteiger partial charge in [0, 0.05) is 21.8 Å². The van der Waals surface area contributed by atoms with Gasteiger partial charge in [-0.1, -0.05) is 0 Å². The fourth-order valence-corrected chi connectivity index (χ4v) is 1.29. The molecule has 1 rings (SSSR count). The van der Waals surface area contributed by atoms with Crippen molar-refractivity contribution in [2.45, 2.75) is 4.90 Å². The minimum absolute atomic E-state index is 0.837. The van der Waals surface area contributed by atoms with Gasteiger partial charge in [-0.3, -0.25) is 4.98 Å². The Morgan fingerprint density at radius 1 is 1.33 bits per heavy atom. The molecule has 0 bridgehead atoms. The number of halogens is 2. The lowest BCUT2D eigenvalue weighted by Gasteiger charge is -1.95. The summed E-state index contributed by atoms with van der Waals surface area (Å²) in [4.78, 5) is 4.73. The highest BCUT2D eigenvalue weighted by Crippen LogP contribution is 2.27. The van der Waals surface area contributed by atoms with Crippen LogP contribution in [-0.2, 0) is 0 Å². The monoisotopic (exact) mass is 267 g/mol. The van der Waals surface area contributed by atoms with Crippen molar-refractivity contribution in [3.8, 4) is 0 Å². The Balaban J connectivity index is 3.25. The molecule has 0 aromatic carbocycles. The van der Waals surface area contributed by atoms with Crippen molar-refractivity contribution < 1.29 is 0 Å². The van der Waals surface area contributed by atoms with E-state index in [-0.39, 0.29) is 0 Å². The van der Waals surface area contributed by atoms with Gasteiger partial charge in [0.1, 0.15) is 0 Å². The number of rotatable bonds is 0. The maximum absolute atomic E-state index is 4.13. The molecule has 1 aromatic rings. The van der Waals surface area contributed by atoms with E-state index in [4.69, 9.17) is 0 Å². The molecule has 0 saturated carbocycles. The van der Waals surface area contributed by atoms with Crippen molar-refractivity contribution in [2.24, 2.45) is 0 Å². The summed E-state index contributed by atoms with van der Waals surface area (Å²) in [5, 5.41) is 0. The second kappa shape index (κ2) is 3.03. The molecule has 1 heterocycles. The van der Waals surface area contributed by atoms with Crippen molar-refractivity contribution >= 4 is 44.5 Å². The normalized spacial score (nSPS) is 9.67. The first-order valence-corrected chi connectivity index (χ1v) is 4.23. The number of pyridine rings is 1. The predicted octanol–water partition coefficient (Wildman–Crippen LogP) is 2.90. The quantitative estimate of drug-likeness (QED) is 0.714. The molecule has 0 aliphatic rings. The fraction of sp³-hybridized carbons (Fsp3) is 0. The molecule has 1 aromatic heterocycles. The van der Waals surface area contributed by atoms with Crippen LogP contribution < -0.4 is 0 Å². The van der Waals surface area contributed by atoms with Crippen molar-refractivity contribution in [2.75, 3.05) is 0 Å². The standard InChI is InChI=1S/C5H3Br2NS/c6-3-1-8-2-4(9)5(3)7/h1-2,9H. The van der Waals surface area contributed by atoms with Crippen LogP contribution in [0.5, 0.6) is 0 Å². The molecule has 0 aliphatic heterocycles. The van der Waals surface area contributed by atoms with Gasteiger partial charge in [-0.2, -0.15) is 0 Å². The summed E-state index contributed by atoms with van der Waals surface area (Å²) >= 11 is 10.7. The lowest BCUT2D eigenvalue weighted by atomic mass is 10.5. The van der Waals surface area contributed by atoms with Gasteiger partial charge in [0.25, 0.3) is 0 Å². The molecule has 9 heavy (non-hydrogen) atoms. The van der Waals surface area contributed by atoms with Crippen LogP contribution in [0.15, 0.2) is 26.2 Å². The van der Waals surface area contributed by atoms with E-state index < -0.39 is 0 Å². The molecule has 0 atom stereocenters. The number of thiol groups is 1. The Labute approximate surface area is 75.5 Å². The van der Waals surface area contributed by atoms with Gasteiger partial charge in [-0.05, 0) is 31.9 Å². The predicted molar refractivity (Wildman–Crippen MR) is 46.9 cm³/mol. The first-order valence-electron chi connectivity index (χ1n) is 2.20. The van der Waals surface area contributed by atoms with Crippen LogP contribution in [-0.4, -0.2) is 4.98 Å². The summed E-state index contributed by atoms with van der Waals surface area (Å²) in [6.07, 6.45) is 3.39. The molecule has 1 nitrogen and oxygen atoms in total. The van der Waals surface area contributed by atoms with E-state index in [9.17, 15) is 0 Å². The summed E-state index contributed by atoms with van der Waals surface area (Å²) in [6, 6.07) is 0. The topological polar surface area (TPSA) is 12.9 Å². The third kappa shape index (κ3) is 1.69. The first-order chi connectivity index (χ1) is 4.22. The Morgan fingerprint density at radius 3 is 2.44 bits per heavy atom. The van der Waals surface area contributed by atoms with Gasteiger partial charge in [0.15, 0.2) is 0 Å². The van der Waals surface area contributed by atoms with Crippen molar-refractivity contribution in [3.63, 3.8) is 0 Å². The van der Waals surface area contributed by atoms with Gasteiger partial charge in [0.05, 0.1) is 4.47 Å². The third-order valence-corrected chi connectivity index (χ3v) is 3.45. The van der Waals surface area contributed by atoms with E-state index >= 15 is 0 Å². The summed E-state index contributed by atoms with van der Waals surface area (Å²) < 4.78 is 1.87. The highest BCUT2D eigenvalue weighted by molar-refractivity contribution is 9.13. The van der Waals surface area contributed by atoms with Crippen molar-refractivity contribution in [3.05, 3.63) is 21.3 Å². The highest BCUT2D eigenvalue weighted by Gasteiger charge is 1.97. The molecular formula is C5H3Br2NS. The summed E-state index contributed by atoms with van der Waals surface area (Å²) in [7, 11) is 0. The average molecular weight is 269 g/mol. The van der Waals surface area contributed by atoms with E-state index in [0.717, 1.165) is 13.8 Å². The molecular weight excluding hydrogens is 266 g/mol. The third-order valence-electron chi connectivity index (χ3n) is 0.819. The summed E-state index contributed by atoms with van der Waals surface area (Å²) in [5.41, 5.74) is 0. The van der Waals surface area contributed by atoms with Crippen LogP contribution in [0.3, 0.4) is 0 Å². The molecule has 4 heteroatoms. The van der Waals surface area contributed by atoms with Gasteiger partial charge in [0.2, 0.25) is 0 Å². The van der Waals surface area contributed by atoms with E-state index in [1.807, 2.05) is 0 Å². The molecule has 0 N–H and O–H groups in total. The van der Waals surface area contributed by atoms with Crippen LogP contribution in [0.4, 0.5) is 0 Å². The van der Waals surface area contributed by atoms with E-state index in [0.29, 0.717) is 0 Å². The van der Waals surface area contributed by atoms with Crippen LogP contribution in [0.25, 0.3) is 0 Å². The molecule has 0 amide bonds. The Kier molecular flexibility index (Phi) is 2.55. The lowest BCUT2D eigenvalue weighted by Crippen LogP contribution is -1.75. The zero-order valence-corrected chi connectivity index (χ0v) is 8.37. The van der Waals surface area contributed by atoms with Crippen molar-refractivity contribution in [1.82, 2.24) is 4.98 Å². The summed E-state index contributed by atoms with van der Waals surface area (Å²) in [6.45, 7) is 0. The van der Waals surface area contributed by atoms with Crippen LogP contribution in [0.2, 0.25) is 0 Å². The van der Waals surface area contributed by atoms with Gasteiger partial charge < -0.3 is 0 Å². The van der Waals surface area contributed by atoms with E-state index in [1.165, 1.54) is 0 Å². The SMILES string of the molecule is Sc1cncc(Br)c1Br. The van der Waals surface area contributed by atoms with Crippen LogP contribution in [0, 0.1) is 0 Å². The maximum Gasteiger partial charge on any atom is 0.0512 e. The van der Waals surface area contributed by atoms with Crippen LogP contribution >= 0.6 is 44.5 Å². The molecule has 0 aliphatic carbocycles. The highest BCUT2D eigenvalue weighted by atomic mass is 79.9. The zero-order chi connectivity index (χ0) is 6.85. The second-order valence-electron chi connectivity index (χ2n) is 1.45. The van der Waals surface area contributed by atoms with Gasteiger partial charge in [-0.25, -0.2) is 0 Å². The Bertz CT molecular complexity index is 206. The van der Waals surface area contributed by atoms with Crippen LogP contribution in [0.1, 0.15) is 0 Å². The molecule has 0 fully saturated rings. The maximum atomic E-state index is 4.13. The minimum Gasteiger partial charge on any atom is -0.262 e. The molecule has 48 valence electrons. The van der Waals surface area contributed by atoms with Crippen molar-refractivity contribution in [1.29, 1.82) is 0 Å². The Morgan fingerprint density at radius 2 is 2.00 bits per heavy atom. The number of hydrogen-bond donors (Lipinski definition) is 1. The molecule has 0 radical (unpaired) electrons. The first kappa shape index (κ1) is 7.57. The number of nitrogens with zero attached hydrogens (tertiary/aromatic N) is 1. The molecule has 0 saturated heterocycles. The smallest absolute Gasteiger partial charge is 0.0512 e. The van der Waals surface area contributed by atoms with E-state index in [2.05, 4.69) is 49.5 Å². The average Bonchev–Trinajstić information content (AvgIpc) is 1.83. The zero-order valence-electron chi connectivity index (χ0n) is 4.31. The van der Waals surface area contributed by atoms with Gasteiger partial charge in [-0.15, -0.1) is 12.6 Å². The largest absolute Gasteiger partial charge is 0.262 e. The fourth-order valence-electron chi connectivity index (χ4n) is 0.409. The number of aromatic nitrogens is 1. The lowest BCUT2D eigenvalue weighted by molar-refractivity contribution is 1.20. The molecule has 0 spiro atoms. The number of hydrogen-bond acceptors (Lipinski definition) is 2. The van der Waals surface area contributed by atoms with Gasteiger partial charge >= 0.3 is 0 Å². The van der Waals surface area contributed by atoms with E-state index in [1.54, 1.807) is 12.4 Å². The minimum atomic E-state index is 0.837. The Hall–Kier alpha value is 0.460. The summed E-state index contributed by atoms with van der Waals surface area (Å²) in [5.74, 6) is 0. The molecule has 0 unspecified atom stereocenters.